The molecule has 0 radical (unpaired) electrons. The number of fused-ring (bicyclic) bond motifs is 1. The second-order valence-electron chi connectivity index (χ2n) is 9.42. The van der Waals surface area contributed by atoms with Gasteiger partial charge in [-0.3, -0.25) is 14.1 Å². The minimum Gasteiger partial charge on any atom is -0.490 e. The maximum absolute atomic E-state index is 12.9. The first-order valence-corrected chi connectivity index (χ1v) is 14.7. The summed E-state index contributed by atoms with van der Waals surface area (Å²) in [6, 6.07) is 16.5. The number of nitrogens with one attached hydrogen (secondary N) is 1. The van der Waals surface area contributed by atoms with Crippen molar-refractivity contribution in [3.8, 4) is 23.1 Å². The van der Waals surface area contributed by atoms with E-state index in [0.717, 1.165) is 66.8 Å². The van der Waals surface area contributed by atoms with Crippen LogP contribution in [0.15, 0.2) is 42.5 Å². The number of anilines is 1. The van der Waals surface area contributed by atoms with Gasteiger partial charge in [0, 0.05) is 36.0 Å². The van der Waals surface area contributed by atoms with E-state index in [1.807, 2.05) is 36.4 Å². The molecule has 2 aromatic carbocycles. The number of rotatable bonds is 10. The Morgan fingerprint density at radius 3 is 2.35 bits per heavy atom. The molecule has 3 aromatic rings. The molecule has 2 aliphatic rings. The highest BCUT2D eigenvalue weighted by Crippen LogP contribution is 2.48. The van der Waals surface area contributed by atoms with Gasteiger partial charge in [-0.05, 0) is 62.9 Å². The maximum atomic E-state index is 12.9. The van der Waals surface area contributed by atoms with Crippen LogP contribution in [0.1, 0.15) is 57.6 Å². The lowest BCUT2D eigenvalue weighted by Gasteiger charge is -2.30. The lowest BCUT2D eigenvalue weighted by molar-refractivity contribution is 0.0256. The Balaban J connectivity index is 1.52. The summed E-state index contributed by atoms with van der Waals surface area (Å²) < 4.78 is 37.7. The van der Waals surface area contributed by atoms with Gasteiger partial charge in [0.2, 0.25) is 0 Å². The molecular weight excluding hydrogens is 489 g/mol. The third kappa shape index (κ3) is 5.42. The Morgan fingerprint density at radius 1 is 1.05 bits per heavy atom. The summed E-state index contributed by atoms with van der Waals surface area (Å²) in [5.74, 6) is 0.829. The fraction of sp³-hybridized carbons (Fsp3) is 0.464. The lowest BCUT2D eigenvalue weighted by Crippen LogP contribution is -2.25. The van der Waals surface area contributed by atoms with E-state index >= 15 is 0 Å². The second-order valence-corrected chi connectivity index (χ2v) is 11.2. The van der Waals surface area contributed by atoms with Crippen molar-refractivity contribution in [2.24, 2.45) is 0 Å². The topological polar surface area (TPSA) is 94.7 Å². The number of nitriles is 1. The Hall–Kier alpha value is -2.82. The van der Waals surface area contributed by atoms with Crippen molar-refractivity contribution in [3.63, 3.8) is 0 Å². The highest BCUT2D eigenvalue weighted by molar-refractivity contribution is 7.55. The molecule has 196 valence electrons. The first-order valence-electron chi connectivity index (χ1n) is 13.2. The molecule has 2 heterocycles. The molecule has 0 bridgehead atoms. The summed E-state index contributed by atoms with van der Waals surface area (Å²) in [4.78, 5) is 0. The van der Waals surface area contributed by atoms with Crippen molar-refractivity contribution in [3.05, 3.63) is 48.0 Å². The summed E-state index contributed by atoms with van der Waals surface area (Å²) in [5, 5.41) is 14.1. The van der Waals surface area contributed by atoms with Gasteiger partial charge in [0.25, 0.3) is 0 Å². The quantitative estimate of drug-likeness (QED) is 0.284. The Bertz CT molecular complexity index is 1310. The van der Waals surface area contributed by atoms with E-state index in [1.165, 1.54) is 6.42 Å². The van der Waals surface area contributed by atoms with Crippen molar-refractivity contribution in [2.45, 2.75) is 58.1 Å². The van der Waals surface area contributed by atoms with Crippen LogP contribution in [0.5, 0.6) is 5.75 Å². The first-order chi connectivity index (χ1) is 18.0. The SMILES string of the molecule is CCOP(=O)(Nc1ccc(-c2c(C#N)c3ccc(OC4CCOCC4)cc3n2C2CCC2)cc1)OCC. The highest BCUT2D eigenvalue weighted by Gasteiger charge is 2.29. The second kappa shape index (κ2) is 11.3. The highest BCUT2D eigenvalue weighted by atomic mass is 31.2. The van der Waals surface area contributed by atoms with Gasteiger partial charge >= 0.3 is 7.75 Å². The predicted octanol–water partition coefficient (Wildman–Crippen LogP) is 7.06. The molecule has 1 saturated carbocycles. The van der Waals surface area contributed by atoms with E-state index in [9.17, 15) is 9.83 Å². The van der Waals surface area contributed by atoms with Crippen LogP contribution in [-0.2, 0) is 18.3 Å². The summed E-state index contributed by atoms with van der Waals surface area (Å²) in [6.45, 7) is 5.55. The molecule has 1 aliphatic carbocycles. The van der Waals surface area contributed by atoms with Crippen LogP contribution >= 0.6 is 7.75 Å². The zero-order valence-corrected chi connectivity index (χ0v) is 22.3. The van der Waals surface area contributed by atoms with Gasteiger partial charge in [-0.25, -0.2) is 4.57 Å². The fourth-order valence-corrected chi connectivity index (χ4v) is 6.42. The van der Waals surface area contributed by atoms with Crippen molar-refractivity contribution < 1.29 is 23.1 Å². The summed E-state index contributed by atoms with van der Waals surface area (Å²) in [5.41, 5.74) is 4.16. The molecule has 8 nitrogen and oxygen atoms in total. The van der Waals surface area contributed by atoms with Crippen LogP contribution in [0, 0.1) is 11.3 Å². The number of ether oxygens (including phenoxy) is 2. The number of benzene rings is 2. The average Bonchev–Trinajstić information content (AvgIpc) is 3.17. The molecule has 2 fully saturated rings. The van der Waals surface area contributed by atoms with Gasteiger partial charge in [0.05, 0.1) is 43.2 Å². The molecule has 0 spiro atoms. The molecule has 37 heavy (non-hydrogen) atoms. The van der Waals surface area contributed by atoms with Crippen molar-refractivity contribution in [1.82, 2.24) is 4.57 Å². The maximum Gasteiger partial charge on any atom is 0.432 e. The van der Waals surface area contributed by atoms with Gasteiger partial charge in [0.1, 0.15) is 17.9 Å². The smallest absolute Gasteiger partial charge is 0.432 e. The van der Waals surface area contributed by atoms with Crippen LogP contribution in [-0.4, -0.2) is 37.1 Å². The molecule has 9 heteroatoms. The van der Waals surface area contributed by atoms with E-state index in [2.05, 4.69) is 21.8 Å². The van der Waals surface area contributed by atoms with E-state index in [4.69, 9.17) is 18.5 Å². The first kappa shape index (κ1) is 25.8. The van der Waals surface area contributed by atoms with E-state index in [1.54, 1.807) is 13.8 Å². The number of hydrogen-bond donors (Lipinski definition) is 1. The van der Waals surface area contributed by atoms with Crippen LogP contribution in [0.3, 0.4) is 0 Å². The lowest BCUT2D eigenvalue weighted by atomic mass is 9.92. The average molecular weight is 524 g/mol. The van der Waals surface area contributed by atoms with Gasteiger partial charge in [-0.15, -0.1) is 0 Å². The molecule has 0 unspecified atom stereocenters. The normalized spacial score (nSPS) is 16.9. The number of nitrogens with zero attached hydrogens (tertiary/aromatic N) is 2. The molecule has 0 amide bonds. The van der Waals surface area contributed by atoms with Crippen LogP contribution in [0.25, 0.3) is 22.2 Å². The number of hydrogen-bond acceptors (Lipinski definition) is 6. The minimum absolute atomic E-state index is 0.151. The molecular formula is C28H34N3O5P. The summed E-state index contributed by atoms with van der Waals surface area (Å²) in [7, 11) is -3.44. The minimum atomic E-state index is -3.44. The largest absolute Gasteiger partial charge is 0.490 e. The molecule has 5 rings (SSSR count). The van der Waals surface area contributed by atoms with Crippen molar-refractivity contribution in [2.75, 3.05) is 31.5 Å². The Labute approximate surface area is 218 Å². The zero-order chi connectivity index (χ0) is 25.8. The number of aromatic nitrogens is 1. The molecule has 0 atom stereocenters. The molecule has 1 aromatic heterocycles. The van der Waals surface area contributed by atoms with E-state index in [0.29, 0.717) is 17.3 Å². The van der Waals surface area contributed by atoms with Crippen LogP contribution < -0.4 is 9.82 Å². The summed E-state index contributed by atoms with van der Waals surface area (Å²) >= 11 is 0. The Morgan fingerprint density at radius 2 is 1.76 bits per heavy atom. The standard InChI is InChI=1S/C28H34N3O5P/c1-3-34-37(32,35-4-2)30-21-10-8-20(9-11-21)28-26(19-29)25-13-12-24(36-23-14-16-33-17-15-23)18-27(25)31(28)22-6-5-7-22/h8-13,18,22-23H,3-7,14-17H2,1-2H3,(H,30,32). The fourth-order valence-electron chi connectivity index (χ4n) is 5.07. The third-order valence-electron chi connectivity index (χ3n) is 7.02. The molecule has 1 N–H and O–H groups in total. The van der Waals surface area contributed by atoms with Crippen LogP contribution in [0.4, 0.5) is 5.69 Å². The third-order valence-corrected chi connectivity index (χ3v) is 8.75. The molecule has 1 aliphatic heterocycles. The monoisotopic (exact) mass is 523 g/mol. The van der Waals surface area contributed by atoms with Gasteiger partial charge in [-0.2, -0.15) is 5.26 Å². The molecule has 1 saturated heterocycles. The van der Waals surface area contributed by atoms with Gasteiger partial charge in [0.15, 0.2) is 0 Å². The van der Waals surface area contributed by atoms with Crippen molar-refractivity contribution in [1.29, 1.82) is 5.26 Å². The summed E-state index contributed by atoms with van der Waals surface area (Å²) in [6.07, 6.45) is 5.26. The van der Waals surface area contributed by atoms with Gasteiger partial charge in [-0.1, -0.05) is 12.1 Å². The van der Waals surface area contributed by atoms with E-state index in [-0.39, 0.29) is 19.3 Å². The van der Waals surface area contributed by atoms with E-state index < -0.39 is 7.75 Å². The Kier molecular flexibility index (Phi) is 7.87. The van der Waals surface area contributed by atoms with Crippen LogP contribution in [0.2, 0.25) is 0 Å². The van der Waals surface area contributed by atoms with Gasteiger partial charge < -0.3 is 14.0 Å². The predicted molar refractivity (Wildman–Crippen MR) is 144 cm³/mol. The van der Waals surface area contributed by atoms with Crippen molar-refractivity contribution >= 4 is 24.3 Å². The zero-order valence-electron chi connectivity index (χ0n) is 21.4.